The van der Waals surface area contributed by atoms with Crippen LogP contribution in [0.1, 0.15) is 32.6 Å². The maximum absolute atomic E-state index is 14.2. The van der Waals surface area contributed by atoms with E-state index in [9.17, 15) is 8.78 Å². The minimum absolute atomic E-state index is 0. The molecule has 2 aromatic rings. The summed E-state index contributed by atoms with van der Waals surface area (Å²) < 4.78 is 38.8. The molecule has 132 valence electrons. The molecule has 5 heteroatoms. The smallest absolute Gasteiger partial charge is 0.534 e. The monoisotopic (exact) mass is 514 g/mol. The van der Waals surface area contributed by atoms with Crippen LogP contribution < -0.4 is 9.47 Å². The maximum atomic E-state index is 14.2. The van der Waals surface area contributed by atoms with Crippen molar-refractivity contribution >= 4 is 0 Å². The average Bonchev–Trinajstić information content (AvgIpc) is 3.09. The molecule has 2 aromatic carbocycles. The summed E-state index contributed by atoms with van der Waals surface area (Å²) >= 11 is 0. The molecule has 25 heavy (non-hydrogen) atoms. The van der Waals surface area contributed by atoms with Crippen LogP contribution in [-0.2, 0) is 21.1 Å². The zero-order chi connectivity index (χ0) is 16.9. The molecule has 3 rings (SSSR count). The molecule has 1 aliphatic carbocycles. The van der Waals surface area contributed by atoms with Crippen LogP contribution in [0.2, 0.25) is 0 Å². The van der Waals surface area contributed by atoms with Crippen molar-refractivity contribution in [1.29, 1.82) is 0 Å². The predicted molar refractivity (Wildman–Crippen MR) is 88.1 cm³/mol. The fraction of sp³-hybridized carbons (Fsp3) is 0.400. The molecule has 0 aliphatic heterocycles. The first-order valence-corrected chi connectivity index (χ1v) is 8.37. The van der Waals surface area contributed by atoms with E-state index in [0.717, 1.165) is 12.8 Å². The van der Waals surface area contributed by atoms with E-state index in [2.05, 4.69) is 12.1 Å². The van der Waals surface area contributed by atoms with Gasteiger partial charge in [-0.3, -0.25) is 0 Å². The fourth-order valence-corrected chi connectivity index (χ4v) is 2.98. The van der Waals surface area contributed by atoms with Gasteiger partial charge in [0.2, 0.25) is 0 Å². The molecule has 0 radical (unpaired) electrons. The van der Waals surface area contributed by atoms with Crippen LogP contribution in [0, 0.1) is 29.7 Å². The van der Waals surface area contributed by atoms with Gasteiger partial charge in [-0.25, -0.2) is 19.9 Å². The second kappa shape index (κ2) is 9.33. The van der Waals surface area contributed by atoms with Crippen molar-refractivity contribution in [3.8, 4) is 22.6 Å². The van der Waals surface area contributed by atoms with Crippen LogP contribution >= 0.6 is 0 Å². The Morgan fingerprint density at radius 3 is 1.92 bits per heavy atom. The van der Waals surface area contributed by atoms with Crippen molar-refractivity contribution in [3.05, 3.63) is 48.0 Å². The van der Waals surface area contributed by atoms with Gasteiger partial charge in [-0.1, -0.05) is 12.8 Å². The summed E-state index contributed by atoms with van der Waals surface area (Å²) in [6.45, 7) is 2.69. The van der Waals surface area contributed by atoms with E-state index in [1.165, 1.54) is 18.9 Å². The number of halogens is 2. The third-order valence-electron chi connectivity index (χ3n) is 4.26. The van der Waals surface area contributed by atoms with Gasteiger partial charge in [-0.05, 0) is 25.7 Å². The zero-order valence-corrected chi connectivity index (χ0v) is 17.0. The molecule has 0 aromatic heterocycles. The van der Waals surface area contributed by atoms with Crippen LogP contribution in [-0.4, -0.2) is 13.2 Å². The molecule has 2 nitrogen and oxygen atoms in total. The van der Waals surface area contributed by atoms with Gasteiger partial charge in [-0.15, -0.1) is 12.1 Å². The molecule has 0 unspecified atom stereocenters. The first-order chi connectivity index (χ1) is 11.7. The van der Waals surface area contributed by atoms with Gasteiger partial charge in [-0.2, -0.15) is 24.3 Å². The molecule has 0 saturated heterocycles. The van der Waals surface area contributed by atoms with Crippen molar-refractivity contribution in [3.63, 3.8) is 0 Å². The fourth-order valence-electron chi connectivity index (χ4n) is 2.98. The van der Waals surface area contributed by atoms with Gasteiger partial charge < -0.3 is 9.47 Å². The third kappa shape index (κ3) is 5.04. The topological polar surface area (TPSA) is 18.5 Å². The van der Waals surface area contributed by atoms with Gasteiger partial charge in [0, 0.05) is 0 Å². The first kappa shape index (κ1) is 19.9. The van der Waals surface area contributed by atoms with Gasteiger partial charge >= 0.3 is 21.1 Å². The van der Waals surface area contributed by atoms with E-state index < -0.39 is 11.6 Å². The first-order valence-electron chi connectivity index (χ1n) is 8.37. The normalized spacial score (nSPS) is 14.2. The number of benzene rings is 2. The predicted octanol–water partition coefficient (Wildman–Crippen LogP) is 5.20. The van der Waals surface area contributed by atoms with Crippen molar-refractivity contribution < 1.29 is 39.3 Å². The number of ether oxygens (including phenoxy) is 2. The van der Waals surface area contributed by atoms with E-state index in [1.807, 2.05) is 0 Å². The Morgan fingerprint density at radius 1 is 0.920 bits per heavy atom. The van der Waals surface area contributed by atoms with Gasteiger partial charge in [0.25, 0.3) is 0 Å². The summed E-state index contributed by atoms with van der Waals surface area (Å²) in [5.41, 5.74) is 0.861. The molecule has 0 amide bonds. The SMILES string of the molecule is CCOc1ccc(-c2[c-]c(F)c(OCC3CCCC3)cc2)[c-]c1F.[W+2]. The molecule has 1 saturated carbocycles. The van der Waals surface area contributed by atoms with E-state index >= 15 is 0 Å². The molecule has 1 aliphatic rings. The third-order valence-corrected chi connectivity index (χ3v) is 4.26. The summed E-state index contributed by atoms with van der Waals surface area (Å²) in [4.78, 5) is 0. The minimum atomic E-state index is -0.593. The maximum Gasteiger partial charge on any atom is 2.00 e. The Kier molecular flexibility index (Phi) is 7.43. The Bertz CT molecular complexity index is 700. The number of hydrogen-bond donors (Lipinski definition) is 0. The molecular weight excluding hydrogens is 494 g/mol. The molecule has 0 heterocycles. The Hall–Kier alpha value is -1.41. The van der Waals surface area contributed by atoms with Crippen LogP contribution in [0.3, 0.4) is 0 Å². The second-order valence-electron chi connectivity index (χ2n) is 5.99. The molecular formula is C20H20F2O2W. The van der Waals surface area contributed by atoms with Gasteiger partial charge in [0.15, 0.2) is 0 Å². The number of rotatable bonds is 6. The standard InChI is InChI=1S/C20H20F2O2.W/c1-2-23-19-9-7-15(11-17(19)21)16-8-10-20(18(22)12-16)24-13-14-5-3-4-6-14;/h7-10,14H,2-6,13H2,1H3;/q-2;+2. The van der Waals surface area contributed by atoms with Crippen LogP contribution in [0.15, 0.2) is 24.3 Å². The van der Waals surface area contributed by atoms with Crippen molar-refractivity contribution in [2.24, 2.45) is 5.92 Å². The summed E-state index contributed by atoms with van der Waals surface area (Å²) in [5.74, 6) is -0.314. The van der Waals surface area contributed by atoms with Crippen molar-refractivity contribution in [2.45, 2.75) is 32.6 Å². The van der Waals surface area contributed by atoms with E-state index in [1.54, 1.807) is 25.1 Å². The van der Waals surface area contributed by atoms with Gasteiger partial charge in [0.1, 0.15) is 0 Å². The molecule has 0 N–H and O–H groups in total. The Labute approximate surface area is 161 Å². The number of hydrogen-bond acceptors (Lipinski definition) is 2. The summed E-state index contributed by atoms with van der Waals surface area (Å²) in [6, 6.07) is 11.6. The largest absolute Gasteiger partial charge is 2.00 e. The van der Waals surface area contributed by atoms with Gasteiger partial charge in [0.05, 0.1) is 36.3 Å². The summed E-state index contributed by atoms with van der Waals surface area (Å²) in [5, 5.41) is 0. The summed E-state index contributed by atoms with van der Waals surface area (Å²) in [6.07, 6.45) is 4.73. The molecule has 0 bridgehead atoms. The Balaban J connectivity index is 0.00000225. The van der Waals surface area contributed by atoms with Crippen LogP contribution in [0.25, 0.3) is 11.1 Å². The molecule has 0 atom stereocenters. The second-order valence-corrected chi connectivity index (χ2v) is 5.99. The average molecular weight is 514 g/mol. The zero-order valence-electron chi connectivity index (χ0n) is 14.1. The van der Waals surface area contributed by atoms with E-state index in [0.29, 0.717) is 30.3 Å². The Morgan fingerprint density at radius 2 is 1.44 bits per heavy atom. The quantitative estimate of drug-likeness (QED) is 0.494. The minimum Gasteiger partial charge on any atom is -0.534 e. The van der Waals surface area contributed by atoms with Crippen LogP contribution in [0.4, 0.5) is 8.78 Å². The molecule has 0 spiro atoms. The van der Waals surface area contributed by atoms with E-state index in [-0.39, 0.29) is 32.6 Å². The van der Waals surface area contributed by atoms with Crippen molar-refractivity contribution in [1.82, 2.24) is 0 Å². The molecule has 1 fully saturated rings. The van der Waals surface area contributed by atoms with E-state index in [4.69, 9.17) is 9.47 Å². The van der Waals surface area contributed by atoms with Crippen LogP contribution in [0.5, 0.6) is 11.5 Å². The van der Waals surface area contributed by atoms with Crippen molar-refractivity contribution in [2.75, 3.05) is 13.2 Å². The summed E-state index contributed by atoms with van der Waals surface area (Å²) in [7, 11) is 0.